The molecule has 106 valence electrons. The van der Waals surface area contributed by atoms with Gasteiger partial charge in [0, 0.05) is 17.5 Å². The van der Waals surface area contributed by atoms with Crippen LogP contribution < -0.4 is 0 Å². The van der Waals surface area contributed by atoms with Crippen LogP contribution in [0.4, 0.5) is 0 Å². The van der Waals surface area contributed by atoms with E-state index in [0.29, 0.717) is 0 Å². The van der Waals surface area contributed by atoms with E-state index in [1.165, 1.54) is 16.7 Å². The van der Waals surface area contributed by atoms with E-state index in [0.717, 1.165) is 18.5 Å². The standard InChI is InChI=1S/C19H19NO/c1-19(2)16-10-6-5-9-15(16)18(21)20-12-11-13-7-3-4-8-14(13)17(19)20/h3-10,17H,11-12H2,1-2H3. The maximum Gasteiger partial charge on any atom is 0.254 e. The Morgan fingerprint density at radius 1 is 1.05 bits per heavy atom. The van der Waals surface area contributed by atoms with Crippen LogP contribution >= 0.6 is 0 Å². The summed E-state index contributed by atoms with van der Waals surface area (Å²) in [6.07, 6.45) is 0.955. The molecule has 0 N–H and O–H groups in total. The Kier molecular flexibility index (Phi) is 2.53. The van der Waals surface area contributed by atoms with Crippen molar-refractivity contribution in [2.75, 3.05) is 6.54 Å². The number of rotatable bonds is 0. The van der Waals surface area contributed by atoms with Crippen LogP contribution in [0.5, 0.6) is 0 Å². The first-order chi connectivity index (χ1) is 10.1. The van der Waals surface area contributed by atoms with Gasteiger partial charge >= 0.3 is 0 Å². The van der Waals surface area contributed by atoms with E-state index in [9.17, 15) is 4.79 Å². The zero-order chi connectivity index (χ0) is 14.6. The number of hydrogen-bond donors (Lipinski definition) is 0. The van der Waals surface area contributed by atoms with Gasteiger partial charge in [-0.15, -0.1) is 0 Å². The van der Waals surface area contributed by atoms with Crippen molar-refractivity contribution in [2.45, 2.75) is 31.7 Å². The largest absolute Gasteiger partial charge is 0.330 e. The van der Waals surface area contributed by atoms with Crippen LogP contribution in [0.2, 0.25) is 0 Å². The van der Waals surface area contributed by atoms with E-state index >= 15 is 0 Å². The fraction of sp³-hybridized carbons (Fsp3) is 0.316. The summed E-state index contributed by atoms with van der Waals surface area (Å²) in [5.41, 5.74) is 4.68. The summed E-state index contributed by atoms with van der Waals surface area (Å²) >= 11 is 0. The number of benzene rings is 2. The van der Waals surface area contributed by atoms with Crippen LogP contribution in [0.1, 0.15) is 46.9 Å². The second kappa shape index (κ2) is 4.20. The number of carbonyl (C=O) groups is 1. The predicted molar refractivity (Wildman–Crippen MR) is 83.4 cm³/mol. The molecule has 1 atom stereocenters. The average molecular weight is 277 g/mol. The average Bonchev–Trinajstić information content (AvgIpc) is 2.52. The Balaban J connectivity index is 1.98. The van der Waals surface area contributed by atoms with Gasteiger partial charge in [0.2, 0.25) is 0 Å². The molecule has 2 heterocycles. The van der Waals surface area contributed by atoms with Gasteiger partial charge in [0.1, 0.15) is 0 Å². The summed E-state index contributed by atoms with van der Waals surface area (Å²) in [7, 11) is 0. The summed E-state index contributed by atoms with van der Waals surface area (Å²) < 4.78 is 0. The summed E-state index contributed by atoms with van der Waals surface area (Å²) in [6, 6.07) is 16.8. The molecule has 21 heavy (non-hydrogen) atoms. The molecule has 2 aliphatic rings. The maximum absolute atomic E-state index is 12.9. The zero-order valence-electron chi connectivity index (χ0n) is 12.5. The van der Waals surface area contributed by atoms with Gasteiger partial charge in [-0.05, 0) is 29.2 Å². The van der Waals surface area contributed by atoms with Gasteiger partial charge in [0.25, 0.3) is 5.91 Å². The lowest BCUT2D eigenvalue weighted by Crippen LogP contribution is -2.52. The van der Waals surface area contributed by atoms with Gasteiger partial charge < -0.3 is 4.90 Å². The lowest BCUT2D eigenvalue weighted by Gasteiger charge is -2.50. The molecule has 0 aromatic heterocycles. The molecule has 2 nitrogen and oxygen atoms in total. The quantitative estimate of drug-likeness (QED) is 0.718. The topological polar surface area (TPSA) is 20.3 Å². The van der Waals surface area contributed by atoms with E-state index < -0.39 is 0 Å². The van der Waals surface area contributed by atoms with Gasteiger partial charge in [0.05, 0.1) is 6.04 Å². The summed E-state index contributed by atoms with van der Waals surface area (Å²) in [5.74, 6) is 0.185. The van der Waals surface area contributed by atoms with Gasteiger partial charge in [-0.2, -0.15) is 0 Å². The highest BCUT2D eigenvalue weighted by Crippen LogP contribution is 2.49. The van der Waals surface area contributed by atoms with E-state index in [1.54, 1.807) is 0 Å². The van der Waals surface area contributed by atoms with Gasteiger partial charge in [-0.3, -0.25) is 4.79 Å². The monoisotopic (exact) mass is 277 g/mol. The zero-order valence-corrected chi connectivity index (χ0v) is 12.5. The predicted octanol–water partition coefficient (Wildman–Crippen LogP) is 3.72. The summed E-state index contributed by atoms with van der Waals surface area (Å²) in [6.45, 7) is 5.34. The number of hydrogen-bond acceptors (Lipinski definition) is 1. The van der Waals surface area contributed by atoms with Gasteiger partial charge in [-0.1, -0.05) is 56.3 Å². The third kappa shape index (κ3) is 1.62. The third-order valence-corrected chi connectivity index (χ3v) is 5.08. The molecular formula is C19H19NO. The molecule has 1 unspecified atom stereocenters. The van der Waals surface area contributed by atoms with Crippen LogP contribution in [-0.4, -0.2) is 17.4 Å². The lowest BCUT2D eigenvalue weighted by atomic mass is 9.67. The van der Waals surface area contributed by atoms with E-state index in [4.69, 9.17) is 0 Å². The molecule has 0 bridgehead atoms. The highest BCUT2D eigenvalue weighted by molar-refractivity contribution is 5.98. The summed E-state index contributed by atoms with van der Waals surface area (Å²) in [4.78, 5) is 14.9. The molecule has 0 saturated carbocycles. The minimum absolute atomic E-state index is 0.0684. The third-order valence-electron chi connectivity index (χ3n) is 5.08. The Morgan fingerprint density at radius 3 is 2.62 bits per heavy atom. The SMILES string of the molecule is CC1(C)c2ccccc2C(=O)N2CCc3ccccc3C21. The molecule has 4 rings (SSSR count). The normalized spacial score (nSPS) is 22.3. The smallest absolute Gasteiger partial charge is 0.254 e. The van der Waals surface area contributed by atoms with Crippen molar-refractivity contribution in [1.82, 2.24) is 4.90 Å². The number of carbonyl (C=O) groups excluding carboxylic acids is 1. The van der Waals surface area contributed by atoms with Crippen molar-refractivity contribution in [3.8, 4) is 0 Å². The molecule has 0 aliphatic carbocycles. The molecule has 0 spiro atoms. The Morgan fingerprint density at radius 2 is 1.76 bits per heavy atom. The van der Waals surface area contributed by atoms with Crippen LogP contribution in [0.15, 0.2) is 48.5 Å². The molecule has 2 aliphatic heterocycles. The van der Waals surface area contributed by atoms with E-state index in [2.05, 4.69) is 49.1 Å². The van der Waals surface area contributed by atoms with Crippen LogP contribution in [0.3, 0.4) is 0 Å². The second-order valence-corrected chi connectivity index (χ2v) is 6.62. The van der Waals surface area contributed by atoms with Crippen LogP contribution in [0.25, 0.3) is 0 Å². The number of nitrogens with zero attached hydrogens (tertiary/aromatic N) is 1. The van der Waals surface area contributed by atoms with Crippen molar-refractivity contribution in [2.24, 2.45) is 0 Å². The molecule has 2 aromatic carbocycles. The Hall–Kier alpha value is -2.09. The van der Waals surface area contributed by atoms with Crippen LogP contribution in [-0.2, 0) is 11.8 Å². The van der Waals surface area contributed by atoms with Gasteiger partial charge in [0.15, 0.2) is 0 Å². The fourth-order valence-corrected chi connectivity index (χ4v) is 4.10. The van der Waals surface area contributed by atoms with Crippen molar-refractivity contribution in [3.63, 3.8) is 0 Å². The molecular weight excluding hydrogens is 258 g/mol. The maximum atomic E-state index is 12.9. The fourth-order valence-electron chi connectivity index (χ4n) is 4.10. The van der Waals surface area contributed by atoms with Crippen molar-refractivity contribution < 1.29 is 4.79 Å². The Bertz CT molecular complexity index is 732. The minimum Gasteiger partial charge on any atom is -0.330 e. The minimum atomic E-state index is -0.0684. The molecule has 2 aromatic rings. The first-order valence-corrected chi connectivity index (χ1v) is 7.59. The number of fused-ring (bicyclic) bond motifs is 4. The first-order valence-electron chi connectivity index (χ1n) is 7.59. The van der Waals surface area contributed by atoms with Crippen LogP contribution in [0, 0.1) is 0 Å². The second-order valence-electron chi connectivity index (χ2n) is 6.62. The van der Waals surface area contributed by atoms with E-state index in [-0.39, 0.29) is 17.4 Å². The van der Waals surface area contributed by atoms with Crippen molar-refractivity contribution in [1.29, 1.82) is 0 Å². The first kappa shape index (κ1) is 12.6. The van der Waals surface area contributed by atoms with Crippen molar-refractivity contribution in [3.05, 3.63) is 70.8 Å². The molecule has 0 saturated heterocycles. The highest BCUT2D eigenvalue weighted by Gasteiger charge is 2.47. The Labute approximate surface area is 125 Å². The summed E-state index contributed by atoms with van der Waals surface area (Å²) in [5, 5.41) is 0. The number of amides is 1. The van der Waals surface area contributed by atoms with Gasteiger partial charge in [-0.25, -0.2) is 0 Å². The lowest BCUT2D eigenvalue weighted by molar-refractivity contribution is 0.0507. The van der Waals surface area contributed by atoms with Crippen molar-refractivity contribution >= 4 is 5.91 Å². The molecule has 1 amide bonds. The highest BCUT2D eigenvalue weighted by atomic mass is 16.2. The molecule has 2 heteroatoms. The van der Waals surface area contributed by atoms with E-state index in [1.807, 2.05) is 18.2 Å². The molecule has 0 radical (unpaired) electrons. The molecule has 0 fully saturated rings.